The Morgan fingerprint density at radius 1 is 1.16 bits per heavy atom. The molecule has 2 atom stereocenters. The van der Waals surface area contributed by atoms with E-state index in [9.17, 15) is 0 Å². The van der Waals surface area contributed by atoms with Gasteiger partial charge in [-0.05, 0) is 41.8 Å². The maximum absolute atomic E-state index is 5.18. The molecule has 0 aliphatic heterocycles. The number of benzene rings is 2. The summed E-state index contributed by atoms with van der Waals surface area (Å²) in [7, 11) is 3.48. The molecular formula is C19H23BrIN3O. The summed E-state index contributed by atoms with van der Waals surface area (Å²) >= 11 is 3.48. The molecule has 6 heteroatoms. The summed E-state index contributed by atoms with van der Waals surface area (Å²) in [6.07, 6.45) is 1.14. The number of rotatable bonds is 5. The fourth-order valence-corrected chi connectivity index (χ4v) is 3.00. The Kier molecular flexibility index (Phi) is 7.56. The number of aliphatic imine (C=N–C) groups is 1. The van der Waals surface area contributed by atoms with Crippen LogP contribution in [0.3, 0.4) is 0 Å². The Balaban J connectivity index is 0.00000225. The molecule has 1 aliphatic carbocycles. The summed E-state index contributed by atoms with van der Waals surface area (Å²) in [5, 5.41) is 6.87. The van der Waals surface area contributed by atoms with Crippen molar-refractivity contribution in [3.05, 3.63) is 64.1 Å². The Labute approximate surface area is 174 Å². The van der Waals surface area contributed by atoms with E-state index in [1.165, 1.54) is 11.1 Å². The van der Waals surface area contributed by atoms with Crippen molar-refractivity contribution in [3.63, 3.8) is 0 Å². The minimum atomic E-state index is 0. The number of ether oxygens (including phenoxy) is 1. The quantitative estimate of drug-likeness (QED) is 0.354. The first-order valence-electron chi connectivity index (χ1n) is 8.05. The lowest BCUT2D eigenvalue weighted by Crippen LogP contribution is -2.38. The highest BCUT2D eigenvalue weighted by molar-refractivity contribution is 14.0. The van der Waals surface area contributed by atoms with Crippen molar-refractivity contribution in [1.29, 1.82) is 0 Å². The maximum atomic E-state index is 5.18. The van der Waals surface area contributed by atoms with Crippen LogP contribution in [0.1, 0.15) is 23.5 Å². The molecule has 0 amide bonds. The van der Waals surface area contributed by atoms with Gasteiger partial charge in [-0.3, -0.25) is 4.99 Å². The predicted octanol–water partition coefficient (Wildman–Crippen LogP) is 4.30. The van der Waals surface area contributed by atoms with E-state index in [-0.39, 0.29) is 24.0 Å². The average Bonchev–Trinajstić information content (AvgIpc) is 3.39. The SMILES string of the molecule is CN=C(NCc1ccc(OC)cc1)NC1CC1c1ccc(Br)cc1.I. The third-order valence-electron chi connectivity index (χ3n) is 4.25. The second kappa shape index (κ2) is 9.43. The van der Waals surface area contributed by atoms with Crippen LogP contribution >= 0.6 is 39.9 Å². The lowest BCUT2D eigenvalue weighted by Gasteiger charge is -2.12. The predicted molar refractivity (Wildman–Crippen MR) is 117 cm³/mol. The van der Waals surface area contributed by atoms with Crippen LogP contribution in [-0.4, -0.2) is 26.2 Å². The summed E-state index contributed by atoms with van der Waals surface area (Å²) in [5.74, 6) is 2.28. The summed E-state index contributed by atoms with van der Waals surface area (Å²) in [5.41, 5.74) is 2.57. The number of hydrogen-bond donors (Lipinski definition) is 2. The van der Waals surface area contributed by atoms with Crippen molar-refractivity contribution in [1.82, 2.24) is 10.6 Å². The van der Waals surface area contributed by atoms with Crippen LogP contribution in [0.15, 0.2) is 58.0 Å². The van der Waals surface area contributed by atoms with Crippen molar-refractivity contribution in [2.24, 2.45) is 4.99 Å². The van der Waals surface area contributed by atoms with E-state index in [0.717, 1.165) is 29.1 Å². The van der Waals surface area contributed by atoms with Gasteiger partial charge in [0.2, 0.25) is 0 Å². The normalized spacial score (nSPS) is 18.9. The highest BCUT2D eigenvalue weighted by Gasteiger charge is 2.38. The maximum Gasteiger partial charge on any atom is 0.191 e. The Morgan fingerprint density at radius 3 is 2.44 bits per heavy atom. The van der Waals surface area contributed by atoms with E-state index in [1.54, 1.807) is 14.2 Å². The van der Waals surface area contributed by atoms with Gasteiger partial charge in [0.15, 0.2) is 5.96 Å². The summed E-state index contributed by atoms with van der Waals surface area (Å²) in [6.45, 7) is 0.735. The number of methoxy groups -OCH3 is 1. The van der Waals surface area contributed by atoms with Crippen molar-refractivity contribution >= 4 is 45.9 Å². The zero-order valence-corrected chi connectivity index (χ0v) is 18.2. The molecule has 2 unspecified atom stereocenters. The van der Waals surface area contributed by atoms with Gasteiger partial charge in [0.1, 0.15) is 5.75 Å². The molecule has 1 saturated carbocycles. The number of halogens is 2. The molecule has 0 radical (unpaired) electrons. The van der Waals surface area contributed by atoms with E-state index >= 15 is 0 Å². The van der Waals surface area contributed by atoms with Crippen molar-refractivity contribution in [2.45, 2.75) is 24.9 Å². The van der Waals surface area contributed by atoms with E-state index in [0.29, 0.717) is 12.0 Å². The average molecular weight is 516 g/mol. The molecule has 0 aromatic heterocycles. The van der Waals surface area contributed by atoms with E-state index in [2.05, 4.69) is 68.0 Å². The van der Waals surface area contributed by atoms with Crippen LogP contribution in [0.5, 0.6) is 5.75 Å². The largest absolute Gasteiger partial charge is 0.497 e. The first kappa shape index (κ1) is 20.0. The van der Waals surface area contributed by atoms with Gasteiger partial charge in [-0.1, -0.05) is 40.2 Å². The van der Waals surface area contributed by atoms with Gasteiger partial charge in [-0.25, -0.2) is 0 Å². The minimum Gasteiger partial charge on any atom is -0.497 e. The summed E-state index contributed by atoms with van der Waals surface area (Å²) in [4.78, 5) is 4.32. The lowest BCUT2D eigenvalue weighted by molar-refractivity contribution is 0.414. The molecule has 1 fully saturated rings. The standard InChI is InChI=1S/C19H22BrN3O.HI/c1-21-19(22-12-13-3-9-16(24-2)10-4-13)23-18-11-17(18)14-5-7-15(20)8-6-14;/h3-10,17-18H,11-12H2,1-2H3,(H2,21,22,23);1H. The number of nitrogens with zero attached hydrogens (tertiary/aromatic N) is 1. The van der Waals surface area contributed by atoms with Gasteiger partial charge in [0.05, 0.1) is 7.11 Å². The van der Waals surface area contributed by atoms with Crippen molar-refractivity contribution < 1.29 is 4.74 Å². The van der Waals surface area contributed by atoms with E-state index < -0.39 is 0 Å². The van der Waals surface area contributed by atoms with E-state index in [1.807, 2.05) is 12.1 Å². The molecule has 25 heavy (non-hydrogen) atoms. The van der Waals surface area contributed by atoms with Gasteiger partial charge < -0.3 is 15.4 Å². The van der Waals surface area contributed by atoms with Gasteiger partial charge in [0.25, 0.3) is 0 Å². The van der Waals surface area contributed by atoms with Crippen LogP contribution in [0.2, 0.25) is 0 Å². The monoisotopic (exact) mass is 515 g/mol. The zero-order valence-electron chi connectivity index (χ0n) is 14.3. The van der Waals surface area contributed by atoms with Crippen LogP contribution in [0, 0.1) is 0 Å². The summed E-state index contributed by atoms with van der Waals surface area (Å²) < 4.78 is 6.30. The number of hydrogen-bond acceptors (Lipinski definition) is 2. The van der Waals surface area contributed by atoms with Gasteiger partial charge in [0, 0.05) is 30.0 Å². The molecule has 2 aromatic carbocycles. The number of guanidine groups is 1. The number of nitrogens with one attached hydrogen (secondary N) is 2. The third kappa shape index (κ3) is 5.60. The molecule has 134 valence electrons. The van der Waals surface area contributed by atoms with Crippen LogP contribution in [-0.2, 0) is 6.54 Å². The molecule has 2 N–H and O–H groups in total. The van der Waals surface area contributed by atoms with Gasteiger partial charge >= 0.3 is 0 Å². The topological polar surface area (TPSA) is 45.7 Å². The molecular weight excluding hydrogens is 493 g/mol. The second-order valence-corrected chi connectivity index (χ2v) is 6.83. The fourth-order valence-electron chi connectivity index (χ4n) is 2.73. The molecule has 0 saturated heterocycles. The van der Waals surface area contributed by atoms with Crippen LogP contribution in [0.4, 0.5) is 0 Å². The van der Waals surface area contributed by atoms with Crippen LogP contribution < -0.4 is 15.4 Å². The smallest absolute Gasteiger partial charge is 0.191 e. The van der Waals surface area contributed by atoms with Crippen molar-refractivity contribution in [2.75, 3.05) is 14.2 Å². The molecule has 3 rings (SSSR count). The van der Waals surface area contributed by atoms with Crippen LogP contribution in [0.25, 0.3) is 0 Å². The van der Waals surface area contributed by atoms with Crippen molar-refractivity contribution in [3.8, 4) is 5.75 Å². The minimum absolute atomic E-state index is 0. The lowest BCUT2D eigenvalue weighted by atomic mass is 10.1. The fraction of sp³-hybridized carbons (Fsp3) is 0.316. The highest BCUT2D eigenvalue weighted by atomic mass is 127. The Bertz CT molecular complexity index is 704. The van der Waals surface area contributed by atoms with Gasteiger partial charge in [-0.15, -0.1) is 24.0 Å². The molecule has 0 spiro atoms. The molecule has 2 aromatic rings. The first-order valence-corrected chi connectivity index (χ1v) is 8.84. The molecule has 4 nitrogen and oxygen atoms in total. The Morgan fingerprint density at radius 2 is 1.84 bits per heavy atom. The first-order chi connectivity index (χ1) is 11.7. The zero-order chi connectivity index (χ0) is 16.9. The highest BCUT2D eigenvalue weighted by Crippen LogP contribution is 2.40. The second-order valence-electron chi connectivity index (χ2n) is 5.92. The van der Waals surface area contributed by atoms with Gasteiger partial charge in [-0.2, -0.15) is 0 Å². The Hall–Kier alpha value is -1.28. The molecule has 0 heterocycles. The third-order valence-corrected chi connectivity index (χ3v) is 4.78. The van der Waals surface area contributed by atoms with E-state index in [4.69, 9.17) is 4.74 Å². The molecule has 0 bridgehead atoms. The molecule has 1 aliphatic rings. The summed E-state index contributed by atoms with van der Waals surface area (Å²) in [6, 6.07) is 17.1.